The second-order valence-corrected chi connectivity index (χ2v) is 8.24. The van der Waals surface area contributed by atoms with Crippen LogP contribution in [0, 0.1) is 6.92 Å². The highest BCUT2D eigenvalue weighted by Gasteiger charge is 2.26. The summed E-state index contributed by atoms with van der Waals surface area (Å²) in [6.45, 7) is 3.79. The maximum atomic E-state index is 11.7. The monoisotopic (exact) mass is 464 g/mol. The van der Waals surface area contributed by atoms with E-state index in [0.717, 1.165) is 51.8 Å². The molecule has 6 nitrogen and oxygen atoms in total. The van der Waals surface area contributed by atoms with E-state index < -0.39 is 5.97 Å². The highest BCUT2D eigenvalue weighted by molar-refractivity contribution is 5.96. The summed E-state index contributed by atoms with van der Waals surface area (Å²) in [5.41, 5.74) is 3.04. The smallest absolute Gasteiger partial charge is 0.310 e. The van der Waals surface area contributed by atoms with Crippen LogP contribution in [0.4, 0.5) is 0 Å². The number of hydrogen-bond acceptors (Lipinski definition) is 5. The molecule has 0 fully saturated rings. The van der Waals surface area contributed by atoms with E-state index >= 15 is 0 Å². The molecule has 0 saturated heterocycles. The number of carboxylic acid groups (broad SMARTS) is 1. The molecule has 0 heterocycles. The van der Waals surface area contributed by atoms with Crippen LogP contribution in [0.5, 0.6) is 17.2 Å². The van der Waals surface area contributed by atoms with E-state index in [2.05, 4.69) is 0 Å². The second-order valence-electron chi connectivity index (χ2n) is 8.24. The topological polar surface area (TPSA) is 82.1 Å². The van der Waals surface area contributed by atoms with Crippen molar-refractivity contribution in [2.24, 2.45) is 0 Å². The molecule has 0 aliphatic carbocycles. The van der Waals surface area contributed by atoms with Crippen LogP contribution in [-0.4, -0.2) is 31.3 Å². The van der Waals surface area contributed by atoms with Gasteiger partial charge in [0.1, 0.15) is 17.2 Å². The Kier molecular flexibility index (Phi) is 8.52. The first kappa shape index (κ1) is 25.1. The molecular weight excluding hydrogens is 432 g/mol. The molecule has 1 unspecified atom stereocenters. The van der Waals surface area contributed by atoms with Gasteiger partial charge in [-0.05, 0) is 43.0 Å². The quantitative estimate of drug-likeness (QED) is 0.205. The van der Waals surface area contributed by atoms with Crippen LogP contribution in [0.1, 0.15) is 61.6 Å². The third-order valence-corrected chi connectivity index (χ3v) is 6.10. The van der Waals surface area contributed by atoms with Crippen molar-refractivity contribution in [2.45, 2.75) is 51.9 Å². The Labute approximate surface area is 200 Å². The van der Waals surface area contributed by atoms with Crippen LogP contribution in [-0.2, 0) is 9.59 Å². The lowest BCUT2D eigenvalue weighted by Crippen LogP contribution is -2.09. The fourth-order valence-electron chi connectivity index (χ4n) is 4.50. The van der Waals surface area contributed by atoms with Crippen molar-refractivity contribution >= 4 is 22.7 Å². The van der Waals surface area contributed by atoms with Gasteiger partial charge in [-0.1, -0.05) is 49.7 Å². The van der Waals surface area contributed by atoms with E-state index in [1.54, 1.807) is 33.3 Å². The molecule has 3 rings (SSSR count). The predicted molar refractivity (Wildman–Crippen MR) is 132 cm³/mol. The van der Waals surface area contributed by atoms with Gasteiger partial charge in [-0.15, -0.1) is 0 Å². The van der Waals surface area contributed by atoms with Gasteiger partial charge >= 0.3 is 11.9 Å². The van der Waals surface area contributed by atoms with E-state index in [1.165, 1.54) is 0 Å². The van der Waals surface area contributed by atoms with Gasteiger partial charge in [-0.25, -0.2) is 0 Å². The lowest BCUT2D eigenvalue weighted by molar-refractivity contribution is -0.137. The highest BCUT2D eigenvalue weighted by Crippen LogP contribution is 2.47. The molecule has 0 spiro atoms. The Hall–Kier alpha value is -3.54. The van der Waals surface area contributed by atoms with Crippen LogP contribution < -0.4 is 14.2 Å². The number of carboxylic acids is 1. The van der Waals surface area contributed by atoms with Crippen molar-refractivity contribution < 1.29 is 28.9 Å². The van der Waals surface area contributed by atoms with Crippen LogP contribution >= 0.6 is 0 Å². The first-order valence-corrected chi connectivity index (χ1v) is 11.6. The molecule has 3 aromatic rings. The van der Waals surface area contributed by atoms with E-state index in [-0.39, 0.29) is 18.3 Å². The Balaban J connectivity index is 2.11. The van der Waals surface area contributed by atoms with Crippen LogP contribution in [0.15, 0.2) is 48.5 Å². The third kappa shape index (κ3) is 5.50. The first-order chi connectivity index (χ1) is 16.4. The molecular formula is C28H32O6. The molecule has 0 bridgehead atoms. The summed E-state index contributed by atoms with van der Waals surface area (Å²) in [5.74, 6) is 0.960. The summed E-state index contributed by atoms with van der Waals surface area (Å²) in [4.78, 5) is 22.7. The molecule has 180 valence electrons. The lowest BCUT2D eigenvalue weighted by Gasteiger charge is -2.26. The van der Waals surface area contributed by atoms with Crippen molar-refractivity contribution in [2.75, 3.05) is 14.2 Å². The minimum atomic E-state index is -0.792. The maximum absolute atomic E-state index is 11.7. The lowest BCUT2D eigenvalue weighted by atomic mass is 9.82. The van der Waals surface area contributed by atoms with E-state index in [4.69, 9.17) is 19.3 Å². The normalized spacial score (nSPS) is 11.8. The minimum absolute atomic E-state index is 0.0572. The molecule has 0 aliphatic rings. The Bertz CT molecular complexity index is 1150. The number of rotatable bonds is 11. The average Bonchev–Trinajstić information content (AvgIpc) is 2.84. The largest absolute Gasteiger partial charge is 0.496 e. The Morgan fingerprint density at radius 2 is 1.53 bits per heavy atom. The summed E-state index contributed by atoms with van der Waals surface area (Å²) in [5, 5.41) is 11.0. The number of carbonyl (C=O) groups excluding carboxylic acids is 1. The van der Waals surface area contributed by atoms with Crippen LogP contribution in [0.25, 0.3) is 10.8 Å². The van der Waals surface area contributed by atoms with Gasteiger partial charge in [0, 0.05) is 35.1 Å². The van der Waals surface area contributed by atoms with Gasteiger partial charge in [0.25, 0.3) is 0 Å². The van der Waals surface area contributed by atoms with Crippen LogP contribution in [0.3, 0.4) is 0 Å². The number of benzene rings is 3. The maximum Gasteiger partial charge on any atom is 0.310 e. The van der Waals surface area contributed by atoms with E-state index in [9.17, 15) is 9.59 Å². The van der Waals surface area contributed by atoms with Crippen molar-refractivity contribution in [3.63, 3.8) is 0 Å². The molecule has 0 aromatic heterocycles. The standard InChI is InChI=1S/C28H32O6/c1-5-25(31)34-20-16-14-19(15-17-20)21(10-8-9-13-24(29)30)26-18(2)27(32-3)22-11-6-7-12-23(22)28(26)33-4/h6-7,11-12,14-17,21H,5,8-10,13H2,1-4H3,(H,29,30). The number of aliphatic carboxylic acids is 1. The summed E-state index contributed by atoms with van der Waals surface area (Å²) < 4.78 is 17.1. The Morgan fingerprint density at radius 3 is 2.09 bits per heavy atom. The minimum Gasteiger partial charge on any atom is -0.496 e. The van der Waals surface area contributed by atoms with Gasteiger partial charge in [0.15, 0.2) is 0 Å². The zero-order valence-electron chi connectivity index (χ0n) is 20.2. The van der Waals surface area contributed by atoms with Gasteiger partial charge < -0.3 is 19.3 Å². The number of unbranched alkanes of at least 4 members (excludes halogenated alkanes) is 1. The summed E-state index contributed by atoms with van der Waals surface area (Å²) in [6.07, 6.45) is 2.50. The summed E-state index contributed by atoms with van der Waals surface area (Å²) in [7, 11) is 3.34. The van der Waals surface area contributed by atoms with E-state index in [0.29, 0.717) is 18.6 Å². The fraction of sp³-hybridized carbons (Fsp3) is 0.357. The molecule has 3 aromatic carbocycles. The zero-order chi connectivity index (χ0) is 24.7. The highest BCUT2D eigenvalue weighted by atomic mass is 16.5. The number of fused-ring (bicyclic) bond motifs is 1. The molecule has 0 aliphatic heterocycles. The fourth-order valence-corrected chi connectivity index (χ4v) is 4.50. The molecule has 34 heavy (non-hydrogen) atoms. The SMILES string of the molecule is CCC(=O)Oc1ccc(C(CCCCC(=O)O)c2c(C)c(OC)c3ccccc3c2OC)cc1. The van der Waals surface area contributed by atoms with Crippen molar-refractivity contribution in [1.82, 2.24) is 0 Å². The number of carbonyl (C=O) groups is 2. The van der Waals surface area contributed by atoms with Gasteiger partial charge in [-0.2, -0.15) is 0 Å². The zero-order valence-corrected chi connectivity index (χ0v) is 20.2. The first-order valence-electron chi connectivity index (χ1n) is 11.6. The van der Waals surface area contributed by atoms with Crippen molar-refractivity contribution in [3.05, 3.63) is 65.2 Å². The molecule has 1 N–H and O–H groups in total. The number of ether oxygens (including phenoxy) is 3. The summed E-state index contributed by atoms with van der Waals surface area (Å²) in [6, 6.07) is 15.5. The molecule has 0 radical (unpaired) electrons. The third-order valence-electron chi connectivity index (χ3n) is 6.10. The molecule has 1 atom stereocenters. The number of methoxy groups -OCH3 is 2. The van der Waals surface area contributed by atoms with Crippen LogP contribution in [0.2, 0.25) is 0 Å². The Morgan fingerprint density at radius 1 is 0.912 bits per heavy atom. The average molecular weight is 465 g/mol. The molecule has 0 saturated carbocycles. The molecule has 0 amide bonds. The van der Waals surface area contributed by atoms with Crippen molar-refractivity contribution in [3.8, 4) is 17.2 Å². The summed E-state index contributed by atoms with van der Waals surface area (Å²) >= 11 is 0. The van der Waals surface area contributed by atoms with Crippen molar-refractivity contribution in [1.29, 1.82) is 0 Å². The van der Waals surface area contributed by atoms with Gasteiger partial charge in [0.05, 0.1) is 14.2 Å². The number of hydrogen-bond donors (Lipinski definition) is 1. The van der Waals surface area contributed by atoms with Gasteiger partial charge in [0.2, 0.25) is 0 Å². The predicted octanol–water partition coefficient (Wildman–Crippen LogP) is 6.26. The molecule has 6 heteroatoms. The number of esters is 1. The van der Waals surface area contributed by atoms with E-state index in [1.807, 2.05) is 43.3 Å². The second kappa shape index (κ2) is 11.5. The van der Waals surface area contributed by atoms with Gasteiger partial charge in [-0.3, -0.25) is 9.59 Å².